The maximum absolute atomic E-state index is 12.7. The highest BCUT2D eigenvalue weighted by Gasteiger charge is 2.53. The summed E-state index contributed by atoms with van der Waals surface area (Å²) in [7, 11) is 0. The van der Waals surface area contributed by atoms with Crippen LogP contribution in [-0.4, -0.2) is 73.0 Å². The van der Waals surface area contributed by atoms with Crippen molar-refractivity contribution in [2.24, 2.45) is 0 Å². The van der Waals surface area contributed by atoms with Crippen LogP contribution in [-0.2, 0) is 33.3 Å². The summed E-state index contributed by atoms with van der Waals surface area (Å²) in [6.45, 7) is 4.43. The molecule has 1 rings (SSSR count). The minimum atomic E-state index is -5.24. The molecule has 1 heterocycles. The first-order chi connectivity index (χ1) is 12.5. The van der Waals surface area contributed by atoms with Gasteiger partial charge in [0.15, 0.2) is 18.5 Å². The molecule has 0 aromatic heterocycles. The average molecular weight is 399 g/mol. The fourth-order valence-electron chi connectivity index (χ4n) is 2.41. The van der Waals surface area contributed by atoms with Gasteiger partial charge in [-0.1, -0.05) is 6.08 Å². The minimum absolute atomic E-state index is 0.188. The number of amides is 1. The molecule has 1 amide bonds. The number of hydrogen-bond donors (Lipinski definition) is 2. The number of alkyl halides is 3. The van der Waals surface area contributed by atoms with Gasteiger partial charge in [-0.05, 0) is 0 Å². The van der Waals surface area contributed by atoms with E-state index >= 15 is 0 Å². The first-order valence-electron chi connectivity index (χ1n) is 7.72. The van der Waals surface area contributed by atoms with E-state index in [9.17, 15) is 32.7 Å². The van der Waals surface area contributed by atoms with Crippen LogP contribution in [0.1, 0.15) is 13.8 Å². The van der Waals surface area contributed by atoms with Crippen LogP contribution in [0.5, 0.6) is 0 Å². The monoisotopic (exact) mass is 399 g/mol. The Morgan fingerprint density at radius 1 is 1.19 bits per heavy atom. The SMILES string of the molecule is C=CCO[C@@H]1O[C@H](CO)[C@@H](OC(C)=O)[C@H](OC(C)=O)[C@H]1NC(=O)C(F)(F)F. The third-order valence-electron chi connectivity index (χ3n) is 3.36. The topological polar surface area (TPSA) is 120 Å². The molecule has 27 heavy (non-hydrogen) atoms. The van der Waals surface area contributed by atoms with E-state index in [1.807, 2.05) is 0 Å². The predicted molar refractivity (Wildman–Crippen MR) is 81.0 cm³/mol. The van der Waals surface area contributed by atoms with Gasteiger partial charge in [0, 0.05) is 13.8 Å². The molecule has 9 nitrogen and oxygen atoms in total. The number of hydrogen-bond acceptors (Lipinski definition) is 8. The lowest BCUT2D eigenvalue weighted by molar-refractivity contribution is -0.275. The highest BCUT2D eigenvalue weighted by Crippen LogP contribution is 2.28. The Morgan fingerprint density at radius 3 is 2.19 bits per heavy atom. The van der Waals surface area contributed by atoms with Gasteiger partial charge in [0.05, 0.1) is 13.2 Å². The zero-order chi connectivity index (χ0) is 20.8. The number of carbonyl (C=O) groups excluding carboxylic acids is 3. The maximum Gasteiger partial charge on any atom is 0.471 e. The summed E-state index contributed by atoms with van der Waals surface area (Å²) < 4.78 is 58.5. The van der Waals surface area contributed by atoms with Gasteiger partial charge >= 0.3 is 24.0 Å². The zero-order valence-corrected chi connectivity index (χ0v) is 14.5. The molecule has 1 aliphatic rings. The van der Waals surface area contributed by atoms with E-state index in [0.29, 0.717) is 0 Å². The van der Waals surface area contributed by atoms with Crippen LogP contribution in [0, 0.1) is 0 Å². The second-order valence-electron chi connectivity index (χ2n) is 5.49. The molecular formula is C15H20F3NO8. The number of ether oxygens (including phenoxy) is 4. The number of aliphatic hydroxyl groups is 1. The average Bonchev–Trinajstić information content (AvgIpc) is 2.54. The minimum Gasteiger partial charge on any atom is -0.456 e. The molecule has 5 atom stereocenters. The Bertz CT molecular complexity index is 568. The first-order valence-corrected chi connectivity index (χ1v) is 7.72. The van der Waals surface area contributed by atoms with Crippen molar-refractivity contribution in [3.8, 4) is 0 Å². The second kappa shape index (κ2) is 9.67. The van der Waals surface area contributed by atoms with Crippen molar-refractivity contribution in [1.82, 2.24) is 5.32 Å². The van der Waals surface area contributed by atoms with E-state index in [1.165, 1.54) is 6.08 Å². The van der Waals surface area contributed by atoms with E-state index in [4.69, 9.17) is 18.9 Å². The van der Waals surface area contributed by atoms with Gasteiger partial charge in [-0.3, -0.25) is 14.4 Å². The summed E-state index contributed by atoms with van der Waals surface area (Å²) in [5, 5.41) is 11.1. The molecule has 0 unspecified atom stereocenters. The molecule has 0 spiro atoms. The van der Waals surface area contributed by atoms with Crippen LogP contribution in [0.25, 0.3) is 0 Å². The molecule has 0 aromatic carbocycles. The molecule has 0 aromatic rings. The van der Waals surface area contributed by atoms with Crippen LogP contribution in [0.2, 0.25) is 0 Å². The molecule has 1 fully saturated rings. The van der Waals surface area contributed by atoms with Crippen LogP contribution in [0.3, 0.4) is 0 Å². The predicted octanol–water partition coefficient (Wildman–Crippen LogP) is -0.183. The molecule has 0 saturated carbocycles. The van der Waals surface area contributed by atoms with Gasteiger partial charge in [-0.25, -0.2) is 0 Å². The standard InChI is InChI=1S/C15H20F3NO8/c1-4-5-24-13-10(19-14(23)15(16,17)18)12(26-8(3)22)11(25-7(2)21)9(6-20)27-13/h4,9-13,20H,1,5-6H2,2-3H3,(H,19,23)/t9-,10-,11-,12-,13-/m1/s1. The van der Waals surface area contributed by atoms with Gasteiger partial charge in [-0.2, -0.15) is 13.2 Å². The third-order valence-corrected chi connectivity index (χ3v) is 3.36. The van der Waals surface area contributed by atoms with Gasteiger partial charge in [-0.15, -0.1) is 6.58 Å². The van der Waals surface area contributed by atoms with Gasteiger partial charge in [0.25, 0.3) is 0 Å². The molecule has 0 aliphatic carbocycles. The third kappa shape index (κ3) is 6.48. The van der Waals surface area contributed by atoms with Crippen LogP contribution < -0.4 is 5.32 Å². The molecule has 1 aliphatic heterocycles. The Labute approximate surface area is 152 Å². The van der Waals surface area contributed by atoms with Gasteiger partial charge in [0.2, 0.25) is 0 Å². The first kappa shape index (κ1) is 22.9. The fraction of sp³-hybridized carbons (Fsp3) is 0.667. The number of esters is 2. The molecule has 1 saturated heterocycles. The number of nitrogens with one attached hydrogen (secondary N) is 1. The largest absolute Gasteiger partial charge is 0.471 e. The van der Waals surface area contributed by atoms with E-state index < -0.39 is 61.3 Å². The van der Waals surface area contributed by atoms with Crippen molar-refractivity contribution < 1.29 is 51.6 Å². The number of rotatable bonds is 7. The van der Waals surface area contributed by atoms with E-state index in [2.05, 4.69) is 6.58 Å². The van der Waals surface area contributed by atoms with E-state index in [1.54, 1.807) is 5.32 Å². The Balaban J connectivity index is 3.28. The van der Waals surface area contributed by atoms with Gasteiger partial charge in [0.1, 0.15) is 12.1 Å². The molecule has 0 radical (unpaired) electrons. The lowest BCUT2D eigenvalue weighted by Crippen LogP contribution is -2.67. The summed E-state index contributed by atoms with van der Waals surface area (Å²) >= 11 is 0. The summed E-state index contributed by atoms with van der Waals surface area (Å²) in [4.78, 5) is 34.2. The van der Waals surface area contributed by atoms with Crippen molar-refractivity contribution in [3.05, 3.63) is 12.7 Å². The molecule has 0 bridgehead atoms. The van der Waals surface area contributed by atoms with Crippen molar-refractivity contribution in [3.63, 3.8) is 0 Å². The van der Waals surface area contributed by atoms with Crippen molar-refractivity contribution in [2.75, 3.05) is 13.2 Å². The quantitative estimate of drug-likeness (QED) is 0.447. The highest BCUT2D eigenvalue weighted by molar-refractivity contribution is 5.82. The lowest BCUT2D eigenvalue weighted by atomic mass is 9.96. The van der Waals surface area contributed by atoms with Crippen LogP contribution >= 0.6 is 0 Å². The Morgan fingerprint density at radius 2 is 1.74 bits per heavy atom. The normalized spacial score (nSPS) is 28.1. The summed E-state index contributed by atoms with van der Waals surface area (Å²) in [5.41, 5.74) is 0. The van der Waals surface area contributed by atoms with Crippen molar-refractivity contribution in [1.29, 1.82) is 0 Å². The molecule has 154 valence electrons. The number of halogens is 3. The summed E-state index contributed by atoms with van der Waals surface area (Å²) in [6.07, 6.45) is -9.92. The van der Waals surface area contributed by atoms with Crippen molar-refractivity contribution in [2.45, 2.75) is 50.7 Å². The Kier molecular flexibility index (Phi) is 8.19. The fourth-order valence-corrected chi connectivity index (χ4v) is 2.41. The maximum atomic E-state index is 12.7. The zero-order valence-electron chi connectivity index (χ0n) is 14.5. The molecule has 12 heteroatoms. The van der Waals surface area contributed by atoms with Crippen LogP contribution in [0.4, 0.5) is 13.2 Å². The molecular weight excluding hydrogens is 379 g/mol. The number of carbonyl (C=O) groups is 3. The van der Waals surface area contributed by atoms with E-state index in [0.717, 1.165) is 13.8 Å². The Hall–Kier alpha value is -2.18. The highest BCUT2D eigenvalue weighted by atomic mass is 19.4. The van der Waals surface area contributed by atoms with Gasteiger partial charge < -0.3 is 29.4 Å². The number of aliphatic hydroxyl groups excluding tert-OH is 1. The second-order valence-corrected chi connectivity index (χ2v) is 5.49. The summed E-state index contributed by atoms with van der Waals surface area (Å²) in [6, 6.07) is -1.69. The van der Waals surface area contributed by atoms with E-state index in [-0.39, 0.29) is 6.61 Å². The smallest absolute Gasteiger partial charge is 0.456 e. The van der Waals surface area contributed by atoms with Crippen molar-refractivity contribution >= 4 is 17.8 Å². The lowest BCUT2D eigenvalue weighted by Gasteiger charge is -2.44. The van der Waals surface area contributed by atoms with Crippen LogP contribution in [0.15, 0.2) is 12.7 Å². The summed E-state index contributed by atoms with van der Waals surface area (Å²) in [5.74, 6) is -4.14. The molecule has 2 N–H and O–H groups in total.